The van der Waals surface area contributed by atoms with Crippen molar-refractivity contribution < 1.29 is 14.3 Å². The lowest BCUT2D eigenvalue weighted by atomic mass is 10.5. The Labute approximate surface area is 87.1 Å². The zero-order chi connectivity index (χ0) is 11.0. The van der Waals surface area contributed by atoms with Crippen LogP contribution in [0.2, 0.25) is 19.1 Å². The van der Waals surface area contributed by atoms with Gasteiger partial charge in [0, 0.05) is 0 Å². The Morgan fingerprint density at radius 1 is 1.43 bits per heavy atom. The smallest absolute Gasteiger partial charge is 0.435 e. The minimum atomic E-state index is -1.24. The Kier molecular flexibility index (Phi) is 6.28. The van der Waals surface area contributed by atoms with Crippen molar-refractivity contribution in [3.63, 3.8) is 0 Å². The number of carbonyl (C=O) groups is 1. The number of hydrogen-bond donors (Lipinski definition) is 0. The topological polar surface area (TPSA) is 35.5 Å². The van der Waals surface area contributed by atoms with Crippen molar-refractivity contribution in [2.45, 2.75) is 32.5 Å². The monoisotopic (exact) mass is 216 g/mol. The fourth-order valence-electron chi connectivity index (χ4n) is 0.945. The molecule has 82 valence electrons. The van der Waals surface area contributed by atoms with Gasteiger partial charge in [-0.05, 0) is 13.3 Å². The van der Waals surface area contributed by atoms with Gasteiger partial charge in [0.1, 0.15) is 0 Å². The minimum Gasteiger partial charge on any atom is -0.435 e. The van der Waals surface area contributed by atoms with E-state index in [2.05, 4.69) is 30.1 Å². The van der Waals surface area contributed by atoms with E-state index in [1.807, 2.05) is 0 Å². The molecule has 0 heterocycles. The highest BCUT2D eigenvalue weighted by molar-refractivity contribution is 6.82. The summed E-state index contributed by atoms with van der Waals surface area (Å²) >= 11 is 0. The van der Waals surface area contributed by atoms with Gasteiger partial charge in [-0.3, -0.25) is 0 Å². The standard InChI is InChI=1S/C10H20O3Si/c1-5-12-10(11)13-8-7-9-14(3,4)6-2/h6H,2,5,7-9H2,1,3-4H3. The van der Waals surface area contributed by atoms with E-state index in [9.17, 15) is 4.79 Å². The van der Waals surface area contributed by atoms with E-state index in [0.29, 0.717) is 13.2 Å². The molecule has 0 atom stereocenters. The molecule has 0 aromatic rings. The maximum absolute atomic E-state index is 10.8. The summed E-state index contributed by atoms with van der Waals surface area (Å²) in [6, 6.07) is 1.09. The Morgan fingerprint density at radius 2 is 2.07 bits per heavy atom. The van der Waals surface area contributed by atoms with Crippen LogP contribution in [0, 0.1) is 0 Å². The van der Waals surface area contributed by atoms with Gasteiger partial charge >= 0.3 is 6.16 Å². The Morgan fingerprint density at radius 3 is 2.57 bits per heavy atom. The van der Waals surface area contributed by atoms with Crippen LogP contribution in [0.1, 0.15) is 13.3 Å². The minimum absolute atomic E-state index is 0.367. The number of rotatable bonds is 6. The van der Waals surface area contributed by atoms with Crippen molar-refractivity contribution in [3.8, 4) is 0 Å². The van der Waals surface area contributed by atoms with Crippen LogP contribution in [-0.4, -0.2) is 27.4 Å². The summed E-state index contributed by atoms with van der Waals surface area (Å²) in [5, 5.41) is 0. The van der Waals surface area contributed by atoms with Gasteiger partial charge in [0.25, 0.3) is 0 Å². The molecule has 0 saturated carbocycles. The first-order chi connectivity index (χ1) is 6.52. The first kappa shape index (κ1) is 13.2. The van der Waals surface area contributed by atoms with Crippen molar-refractivity contribution in [1.82, 2.24) is 0 Å². The molecule has 0 unspecified atom stereocenters. The normalized spacial score (nSPS) is 10.8. The second-order valence-electron chi connectivity index (χ2n) is 3.83. The van der Waals surface area contributed by atoms with Crippen molar-refractivity contribution in [3.05, 3.63) is 12.3 Å². The molecule has 0 bridgehead atoms. The molecule has 0 radical (unpaired) electrons. The molecule has 0 amide bonds. The Balaban J connectivity index is 3.47. The third kappa shape index (κ3) is 6.71. The van der Waals surface area contributed by atoms with E-state index in [4.69, 9.17) is 4.74 Å². The highest BCUT2D eigenvalue weighted by atomic mass is 28.3. The molecule has 0 aliphatic carbocycles. The zero-order valence-electron chi connectivity index (χ0n) is 9.34. The first-order valence-corrected chi connectivity index (χ1v) is 8.23. The molecule has 0 fully saturated rings. The molecule has 0 aliphatic rings. The van der Waals surface area contributed by atoms with Crippen LogP contribution in [0.4, 0.5) is 4.79 Å². The molecule has 14 heavy (non-hydrogen) atoms. The summed E-state index contributed by atoms with van der Waals surface area (Å²) < 4.78 is 9.48. The lowest BCUT2D eigenvalue weighted by Crippen LogP contribution is -2.22. The predicted octanol–water partition coefficient (Wildman–Crippen LogP) is 2.98. The molecule has 4 heteroatoms. The molecule has 0 rings (SSSR count). The van der Waals surface area contributed by atoms with Gasteiger partial charge in [-0.1, -0.05) is 19.1 Å². The highest BCUT2D eigenvalue weighted by Crippen LogP contribution is 2.12. The van der Waals surface area contributed by atoms with E-state index in [0.717, 1.165) is 12.5 Å². The summed E-state index contributed by atoms with van der Waals surface area (Å²) in [5.74, 6) is 0. The highest BCUT2D eigenvalue weighted by Gasteiger charge is 2.15. The SMILES string of the molecule is C=C[Si](C)(C)CCCOC(=O)OCC. The average molecular weight is 216 g/mol. The second kappa shape index (κ2) is 6.65. The quantitative estimate of drug-likeness (QED) is 0.389. The second-order valence-corrected chi connectivity index (χ2v) is 8.71. The summed E-state index contributed by atoms with van der Waals surface area (Å²) in [4.78, 5) is 10.8. The van der Waals surface area contributed by atoms with Crippen LogP contribution < -0.4 is 0 Å². The van der Waals surface area contributed by atoms with Crippen LogP contribution in [0.25, 0.3) is 0 Å². The van der Waals surface area contributed by atoms with Crippen LogP contribution in [0.3, 0.4) is 0 Å². The molecule has 0 aromatic carbocycles. The van der Waals surface area contributed by atoms with Crippen LogP contribution in [0.5, 0.6) is 0 Å². The van der Waals surface area contributed by atoms with Gasteiger partial charge in [-0.15, -0.1) is 12.3 Å². The van der Waals surface area contributed by atoms with Gasteiger partial charge in [0.15, 0.2) is 0 Å². The third-order valence-corrected chi connectivity index (χ3v) is 4.75. The van der Waals surface area contributed by atoms with Crippen molar-refractivity contribution >= 4 is 14.2 Å². The Bertz CT molecular complexity index is 190. The van der Waals surface area contributed by atoms with Gasteiger partial charge < -0.3 is 9.47 Å². The van der Waals surface area contributed by atoms with Crippen molar-refractivity contribution in [2.75, 3.05) is 13.2 Å². The molecular weight excluding hydrogens is 196 g/mol. The summed E-state index contributed by atoms with van der Waals surface area (Å²) in [7, 11) is -1.24. The fourth-order valence-corrected chi connectivity index (χ4v) is 2.20. The molecule has 0 aromatic heterocycles. The maximum atomic E-state index is 10.8. The largest absolute Gasteiger partial charge is 0.508 e. The maximum Gasteiger partial charge on any atom is 0.508 e. The van der Waals surface area contributed by atoms with Gasteiger partial charge in [-0.2, -0.15) is 0 Å². The first-order valence-electron chi connectivity index (χ1n) is 4.95. The molecule has 0 saturated heterocycles. The molecule has 0 aliphatic heterocycles. The molecule has 0 spiro atoms. The number of hydrogen-bond acceptors (Lipinski definition) is 3. The lowest BCUT2D eigenvalue weighted by molar-refractivity contribution is 0.0591. The van der Waals surface area contributed by atoms with E-state index < -0.39 is 14.2 Å². The van der Waals surface area contributed by atoms with E-state index >= 15 is 0 Å². The van der Waals surface area contributed by atoms with Crippen molar-refractivity contribution in [1.29, 1.82) is 0 Å². The third-order valence-electron chi connectivity index (χ3n) is 2.00. The predicted molar refractivity (Wildman–Crippen MR) is 60.1 cm³/mol. The van der Waals surface area contributed by atoms with E-state index in [1.165, 1.54) is 0 Å². The fraction of sp³-hybridized carbons (Fsp3) is 0.700. The van der Waals surface area contributed by atoms with Gasteiger partial charge in [0.2, 0.25) is 0 Å². The summed E-state index contributed by atoms with van der Waals surface area (Å²) in [5.41, 5.74) is 2.05. The van der Waals surface area contributed by atoms with Gasteiger partial charge in [0.05, 0.1) is 21.3 Å². The van der Waals surface area contributed by atoms with Gasteiger partial charge in [-0.25, -0.2) is 4.79 Å². The van der Waals surface area contributed by atoms with Crippen LogP contribution >= 0.6 is 0 Å². The number of carbonyl (C=O) groups excluding carboxylic acids is 1. The molecular formula is C10H20O3Si. The molecule has 0 N–H and O–H groups in total. The van der Waals surface area contributed by atoms with Crippen molar-refractivity contribution in [2.24, 2.45) is 0 Å². The summed E-state index contributed by atoms with van der Waals surface area (Å²) in [6.45, 7) is 10.9. The van der Waals surface area contributed by atoms with E-state index in [-0.39, 0.29) is 0 Å². The number of ether oxygens (including phenoxy) is 2. The van der Waals surface area contributed by atoms with Crippen LogP contribution in [-0.2, 0) is 9.47 Å². The van der Waals surface area contributed by atoms with E-state index in [1.54, 1.807) is 6.92 Å². The lowest BCUT2D eigenvalue weighted by Gasteiger charge is -2.16. The Hall–Kier alpha value is -0.773. The average Bonchev–Trinajstić information content (AvgIpc) is 2.13. The van der Waals surface area contributed by atoms with Crippen LogP contribution in [0.15, 0.2) is 12.3 Å². The zero-order valence-corrected chi connectivity index (χ0v) is 10.3. The molecule has 3 nitrogen and oxygen atoms in total. The summed E-state index contributed by atoms with van der Waals surface area (Å²) in [6.07, 6.45) is 0.329.